The van der Waals surface area contributed by atoms with Gasteiger partial charge in [0.2, 0.25) is 0 Å². The summed E-state index contributed by atoms with van der Waals surface area (Å²) in [6, 6.07) is 7.34. The van der Waals surface area contributed by atoms with E-state index < -0.39 is 24.0 Å². The Hall–Kier alpha value is -2.19. The Morgan fingerprint density at radius 2 is 1.92 bits per heavy atom. The number of benzene rings is 1. The molecule has 0 radical (unpaired) electrons. The van der Waals surface area contributed by atoms with Crippen LogP contribution in [-0.2, 0) is 9.31 Å². The molecule has 8 heteroatoms. The molecule has 0 N–H and O–H groups in total. The summed E-state index contributed by atoms with van der Waals surface area (Å²) in [5.41, 5.74) is -0.601. The van der Waals surface area contributed by atoms with Crippen molar-refractivity contribution in [2.45, 2.75) is 38.9 Å². The first kappa shape index (κ1) is 17.6. The van der Waals surface area contributed by atoms with Crippen molar-refractivity contribution >= 4 is 13.2 Å². The molecule has 0 unspecified atom stereocenters. The second-order valence-corrected chi connectivity index (χ2v) is 6.91. The van der Waals surface area contributed by atoms with Crippen LogP contribution < -0.4 is 4.74 Å². The van der Waals surface area contributed by atoms with Crippen LogP contribution >= 0.6 is 0 Å². The SMILES string of the molecule is COc1cccc(-n2cc(C=C(F)B3OC(C)(C)C(C)(C)O3)nn2)c1. The van der Waals surface area contributed by atoms with Gasteiger partial charge in [0.15, 0.2) is 0 Å². The van der Waals surface area contributed by atoms with E-state index in [1.54, 1.807) is 18.0 Å². The van der Waals surface area contributed by atoms with Crippen LogP contribution in [0.15, 0.2) is 36.2 Å². The van der Waals surface area contributed by atoms with Crippen molar-refractivity contribution in [1.29, 1.82) is 0 Å². The number of rotatable bonds is 4. The smallest absolute Gasteiger partial charge is 0.497 e. The van der Waals surface area contributed by atoms with Gasteiger partial charge >= 0.3 is 7.12 Å². The Morgan fingerprint density at radius 1 is 1.24 bits per heavy atom. The van der Waals surface area contributed by atoms with Crippen molar-refractivity contribution in [1.82, 2.24) is 15.0 Å². The summed E-state index contributed by atoms with van der Waals surface area (Å²) in [7, 11) is 0.543. The van der Waals surface area contributed by atoms with Crippen LogP contribution in [0.25, 0.3) is 11.8 Å². The van der Waals surface area contributed by atoms with Gasteiger partial charge in [0.05, 0.1) is 30.2 Å². The standard InChI is InChI=1S/C17H21BFN3O3/c1-16(2)17(3,4)25-18(24-16)15(19)9-12-11-22(21-20-12)13-7-6-8-14(10-13)23-5/h6-11H,1-5H3. The largest absolute Gasteiger partial charge is 0.525 e. The number of halogens is 1. The zero-order valence-corrected chi connectivity index (χ0v) is 15.0. The van der Waals surface area contributed by atoms with Gasteiger partial charge in [-0.3, -0.25) is 0 Å². The summed E-state index contributed by atoms with van der Waals surface area (Å²) in [6.07, 6.45) is 2.89. The molecule has 1 aromatic carbocycles. The maximum atomic E-state index is 14.5. The summed E-state index contributed by atoms with van der Waals surface area (Å²) in [6.45, 7) is 7.50. The van der Waals surface area contributed by atoms with Gasteiger partial charge in [-0.05, 0) is 45.9 Å². The van der Waals surface area contributed by atoms with Crippen LogP contribution in [0.3, 0.4) is 0 Å². The van der Waals surface area contributed by atoms with E-state index in [2.05, 4.69) is 10.3 Å². The first-order valence-electron chi connectivity index (χ1n) is 8.01. The molecule has 2 aromatic rings. The topological polar surface area (TPSA) is 58.4 Å². The second kappa shape index (κ2) is 6.27. The van der Waals surface area contributed by atoms with E-state index in [9.17, 15) is 4.39 Å². The Morgan fingerprint density at radius 3 is 2.56 bits per heavy atom. The fourth-order valence-corrected chi connectivity index (χ4v) is 2.39. The molecule has 0 saturated carbocycles. The highest BCUT2D eigenvalue weighted by atomic mass is 19.1. The Labute approximate surface area is 146 Å². The van der Waals surface area contributed by atoms with Gasteiger partial charge in [0.1, 0.15) is 17.2 Å². The lowest BCUT2D eigenvalue weighted by Crippen LogP contribution is -2.41. The van der Waals surface area contributed by atoms with E-state index in [0.717, 1.165) is 5.69 Å². The van der Waals surface area contributed by atoms with Crippen LogP contribution in [-0.4, -0.2) is 40.4 Å². The van der Waals surface area contributed by atoms with Gasteiger partial charge in [-0.1, -0.05) is 11.3 Å². The van der Waals surface area contributed by atoms with Crippen molar-refractivity contribution in [3.8, 4) is 11.4 Å². The lowest BCUT2D eigenvalue weighted by atomic mass is 9.87. The zero-order chi connectivity index (χ0) is 18.2. The van der Waals surface area contributed by atoms with Gasteiger partial charge in [-0.2, -0.15) is 0 Å². The molecular formula is C17H21BFN3O3. The minimum Gasteiger partial charge on any atom is -0.497 e. The molecule has 6 nitrogen and oxygen atoms in total. The number of hydrogen-bond donors (Lipinski definition) is 0. The molecule has 0 atom stereocenters. The minimum absolute atomic E-state index is 0.370. The molecule has 1 aliphatic heterocycles. The van der Waals surface area contributed by atoms with Gasteiger partial charge in [-0.25, -0.2) is 9.07 Å². The molecular weight excluding hydrogens is 324 g/mol. The van der Waals surface area contributed by atoms with E-state index in [-0.39, 0.29) is 0 Å². The third kappa shape index (κ3) is 3.45. The second-order valence-electron chi connectivity index (χ2n) is 6.91. The van der Waals surface area contributed by atoms with E-state index in [0.29, 0.717) is 11.4 Å². The number of methoxy groups -OCH3 is 1. The van der Waals surface area contributed by atoms with Crippen LogP contribution in [0.1, 0.15) is 33.4 Å². The number of ether oxygens (including phenoxy) is 1. The molecule has 1 fully saturated rings. The number of hydrogen-bond acceptors (Lipinski definition) is 5. The van der Waals surface area contributed by atoms with Gasteiger partial charge in [-0.15, -0.1) is 5.10 Å². The zero-order valence-electron chi connectivity index (χ0n) is 15.0. The molecule has 1 aliphatic rings. The summed E-state index contributed by atoms with van der Waals surface area (Å²) in [5, 5.41) is 7.99. The highest BCUT2D eigenvalue weighted by Crippen LogP contribution is 2.39. The maximum absolute atomic E-state index is 14.5. The van der Waals surface area contributed by atoms with Crippen molar-refractivity contribution in [2.24, 2.45) is 0 Å². The fourth-order valence-electron chi connectivity index (χ4n) is 2.39. The molecule has 0 spiro atoms. The minimum atomic E-state index is -1.05. The number of nitrogens with zero attached hydrogens (tertiary/aromatic N) is 3. The lowest BCUT2D eigenvalue weighted by molar-refractivity contribution is 0.00578. The third-order valence-corrected chi connectivity index (χ3v) is 4.59. The molecule has 1 aromatic heterocycles. The van der Waals surface area contributed by atoms with E-state index in [1.165, 1.54) is 6.08 Å². The fraction of sp³-hybridized carbons (Fsp3) is 0.412. The molecule has 0 amide bonds. The number of aromatic nitrogens is 3. The Kier molecular flexibility index (Phi) is 4.42. The van der Waals surface area contributed by atoms with Crippen LogP contribution in [0.2, 0.25) is 0 Å². The van der Waals surface area contributed by atoms with E-state index in [1.807, 2.05) is 52.0 Å². The quantitative estimate of drug-likeness (QED) is 0.797. The summed E-state index contributed by atoms with van der Waals surface area (Å²) >= 11 is 0. The predicted octanol–water partition coefficient (Wildman–Crippen LogP) is 3.22. The molecule has 0 bridgehead atoms. The van der Waals surface area contributed by atoms with Crippen molar-refractivity contribution in [3.63, 3.8) is 0 Å². The molecule has 132 valence electrons. The highest BCUT2D eigenvalue weighted by Gasteiger charge is 2.53. The van der Waals surface area contributed by atoms with E-state index in [4.69, 9.17) is 14.0 Å². The maximum Gasteiger partial charge on any atom is 0.525 e. The van der Waals surface area contributed by atoms with Gasteiger partial charge < -0.3 is 14.0 Å². The monoisotopic (exact) mass is 345 g/mol. The van der Waals surface area contributed by atoms with E-state index >= 15 is 0 Å². The molecule has 25 heavy (non-hydrogen) atoms. The van der Waals surface area contributed by atoms with Crippen molar-refractivity contribution in [3.05, 3.63) is 41.9 Å². The first-order chi connectivity index (χ1) is 11.7. The molecule has 3 rings (SSSR count). The Balaban J connectivity index is 1.80. The molecule has 1 saturated heterocycles. The van der Waals surface area contributed by atoms with Crippen LogP contribution in [0, 0.1) is 0 Å². The summed E-state index contributed by atoms with van der Waals surface area (Å²) in [4.78, 5) is 0. The Bertz CT molecular complexity index is 788. The normalized spacial score (nSPS) is 19.3. The average Bonchev–Trinajstić information content (AvgIpc) is 3.10. The highest BCUT2D eigenvalue weighted by molar-refractivity contribution is 6.54. The molecule has 0 aliphatic carbocycles. The van der Waals surface area contributed by atoms with Crippen molar-refractivity contribution in [2.75, 3.05) is 7.11 Å². The predicted molar refractivity (Wildman–Crippen MR) is 93.1 cm³/mol. The first-order valence-corrected chi connectivity index (χ1v) is 8.01. The lowest BCUT2D eigenvalue weighted by Gasteiger charge is -2.32. The average molecular weight is 345 g/mol. The van der Waals surface area contributed by atoms with Gasteiger partial charge in [0, 0.05) is 6.07 Å². The van der Waals surface area contributed by atoms with Crippen molar-refractivity contribution < 1.29 is 18.4 Å². The van der Waals surface area contributed by atoms with Crippen LogP contribution in [0.4, 0.5) is 4.39 Å². The summed E-state index contributed by atoms with van der Waals surface area (Å²) in [5.74, 6) is 0.702. The summed E-state index contributed by atoms with van der Waals surface area (Å²) < 4.78 is 32.6. The third-order valence-electron chi connectivity index (χ3n) is 4.59. The van der Waals surface area contributed by atoms with Gasteiger partial charge in [0.25, 0.3) is 0 Å². The molecule has 2 heterocycles. The van der Waals surface area contributed by atoms with Crippen LogP contribution in [0.5, 0.6) is 5.75 Å².